The Hall–Kier alpha value is -1.26. The van der Waals surface area contributed by atoms with Gasteiger partial charge in [-0.1, -0.05) is 0 Å². The minimum absolute atomic E-state index is 0.283. The molecule has 0 saturated carbocycles. The molecule has 0 spiro atoms. The Kier molecular flexibility index (Phi) is 2.09. The molecular formula is C12H15NO3. The minimum Gasteiger partial charge on any atom is -0.454 e. The molecule has 0 fully saturated rings. The van der Waals surface area contributed by atoms with E-state index < -0.39 is 6.10 Å². The van der Waals surface area contributed by atoms with Crippen LogP contribution in [0.5, 0.6) is 11.5 Å². The highest BCUT2D eigenvalue weighted by Gasteiger charge is 2.28. The highest BCUT2D eigenvalue weighted by Crippen LogP contribution is 2.42. The zero-order valence-electron chi connectivity index (χ0n) is 9.49. The van der Waals surface area contributed by atoms with Gasteiger partial charge in [0.15, 0.2) is 11.5 Å². The van der Waals surface area contributed by atoms with Crippen LogP contribution >= 0.6 is 0 Å². The van der Waals surface area contributed by atoms with Gasteiger partial charge in [-0.2, -0.15) is 0 Å². The number of rotatable bonds is 0. The molecule has 0 bridgehead atoms. The van der Waals surface area contributed by atoms with Gasteiger partial charge in [-0.05, 0) is 36.7 Å². The first-order valence-corrected chi connectivity index (χ1v) is 5.45. The van der Waals surface area contributed by atoms with Crippen molar-refractivity contribution in [3.05, 3.63) is 22.8 Å². The molecule has 0 aromatic heterocycles. The summed E-state index contributed by atoms with van der Waals surface area (Å²) in [6, 6.07) is 1.92. The predicted octanol–water partition coefficient (Wildman–Crippen LogP) is 1.20. The second-order valence-corrected chi connectivity index (χ2v) is 4.52. The Bertz CT molecular complexity index is 444. The van der Waals surface area contributed by atoms with Gasteiger partial charge in [-0.3, -0.25) is 4.90 Å². The Morgan fingerprint density at radius 3 is 3.06 bits per heavy atom. The first-order chi connectivity index (χ1) is 7.66. The molecule has 4 nitrogen and oxygen atoms in total. The van der Waals surface area contributed by atoms with E-state index in [4.69, 9.17) is 9.47 Å². The number of hydrogen-bond donors (Lipinski definition) is 1. The molecule has 1 aromatic rings. The molecule has 0 radical (unpaired) electrons. The van der Waals surface area contributed by atoms with E-state index in [9.17, 15) is 5.11 Å². The number of aliphatic hydroxyl groups is 1. The smallest absolute Gasteiger partial charge is 0.231 e. The number of fused-ring (bicyclic) bond motifs is 2. The third kappa shape index (κ3) is 1.30. The van der Waals surface area contributed by atoms with Gasteiger partial charge < -0.3 is 14.6 Å². The molecule has 0 amide bonds. The number of β-amino-alcohol motifs (C(OH)–C–C–N with tert-alkyl or cyclic N) is 1. The lowest BCUT2D eigenvalue weighted by Crippen LogP contribution is -2.30. The first kappa shape index (κ1) is 9.93. The Morgan fingerprint density at radius 2 is 2.25 bits per heavy atom. The highest BCUT2D eigenvalue weighted by molar-refractivity contribution is 5.56. The lowest BCUT2D eigenvalue weighted by Gasteiger charge is -2.30. The molecule has 1 N–H and O–H groups in total. The van der Waals surface area contributed by atoms with Crippen molar-refractivity contribution in [1.29, 1.82) is 0 Å². The van der Waals surface area contributed by atoms with E-state index in [2.05, 4.69) is 4.90 Å². The van der Waals surface area contributed by atoms with Crippen molar-refractivity contribution in [3.63, 3.8) is 0 Å². The van der Waals surface area contributed by atoms with Gasteiger partial charge in [0, 0.05) is 13.1 Å². The summed E-state index contributed by atoms with van der Waals surface area (Å²) in [4.78, 5) is 2.11. The Labute approximate surface area is 94.4 Å². The van der Waals surface area contributed by atoms with Gasteiger partial charge in [0.05, 0.1) is 6.10 Å². The third-order valence-electron chi connectivity index (χ3n) is 3.34. The van der Waals surface area contributed by atoms with Gasteiger partial charge in [-0.25, -0.2) is 0 Å². The number of ether oxygens (including phenoxy) is 2. The molecular weight excluding hydrogens is 206 g/mol. The highest BCUT2D eigenvalue weighted by atomic mass is 16.7. The number of nitrogens with zero attached hydrogens (tertiary/aromatic N) is 1. The molecule has 2 aliphatic rings. The van der Waals surface area contributed by atoms with E-state index in [-0.39, 0.29) is 6.79 Å². The van der Waals surface area contributed by atoms with Gasteiger partial charge in [0.2, 0.25) is 6.79 Å². The van der Waals surface area contributed by atoms with Gasteiger partial charge in [0.1, 0.15) is 0 Å². The lowest BCUT2D eigenvalue weighted by atomic mass is 9.93. The fourth-order valence-corrected chi connectivity index (χ4v) is 2.51. The minimum atomic E-state index is -0.429. The molecule has 16 heavy (non-hydrogen) atoms. The van der Waals surface area contributed by atoms with Crippen molar-refractivity contribution < 1.29 is 14.6 Å². The average Bonchev–Trinajstić information content (AvgIpc) is 2.68. The van der Waals surface area contributed by atoms with Crippen LogP contribution in [0.3, 0.4) is 0 Å². The zero-order valence-corrected chi connectivity index (χ0v) is 9.49. The fraction of sp³-hybridized carbons (Fsp3) is 0.500. The van der Waals surface area contributed by atoms with Gasteiger partial charge >= 0.3 is 0 Å². The van der Waals surface area contributed by atoms with E-state index >= 15 is 0 Å². The molecule has 0 aliphatic carbocycles. The van der Waals surface area contributed by atoms with Crippen LogP contribution in [0.25, 0.3) is 0 Å². The van der Waals surface area contributed by atoms with E-state index in [1.165, 1.54) is 5.56 Å². The monoisotopic (exact) mass is 221 g/mol. The largest absolute Gasteiger partial charge is 0.454 e. The van der Waals surface area contributed by atoms with Gasteiger partial charge in [-0.15, -0.1) is 0 Å². The van der Waals surface area contributed by atoms with Crippen molar-refractivity contribution >= 4 is 0 Å². The fourth-order valence-electron chi connectivity index (χ4n) is 2.51. The summed E-state index contributed by atoms with van der Waals surface area (Å²) < 4.78 is 10.8. The maximum atomic E-state index is 10.0. The average molecular weight is 221 g/mol. The second kappa shape index (κ2) is 3.37. The molecule has 0 unspecified atom stereocenters. The Balaban J connectivity index is 2.18. The van der Waals surface area contributed by atoms with Gasteiger partial charge in [0.25, 0.3) is 0 Å². The zero-order chi connectivity index (χ0) is 11.3. The number of likely N-dealkylation sites (N-methyl/N-ethyl adjacent to an activating group) is 1. The molecule has 1 atom stereocenters. The summed E-state index contributed by atoms with van der Waals surface area (Å²) in [5.74, 6) is 1.60. The van der Waals surface area contributed by atoms with Crippen molar-refractivity contribution in [3.8, 4) is 11.5 Å². The molecule has 4 heteroatoms. The van der Waals surface area contributed by atoms with Crippen LogP contribution in [0.4, 0.5) is 0 Å². The third-order valence-corrected chi connectivity index (χ3v) is 3.34. The van der Waals surface area contributed by atoms with Crippen LogP contribution in [-0.4, -0.2) is 30.4 Å². The van der Waals surface area contributed by atoms with Crippen LogP contribution in [0.1, 0.15) is 22.8 Å². The van der Waals surface area contributed by atoms with Crippen molar-refractivity contribution in [1.82, 2.24) is 4.90 Å². The second-order valence-electron chi connectivity index (χ2n) is 4.52. The van der Waals surface area contributed by atoms with E-state index in [0.29, 0.717) is 6.54 Å². The molecule has 3 rings (SSSR count). The van der Waals surface area contributed by atoms with Crippen molar-refractivity contribution in [2.24, 2.45) is 0 Å². The normalized spacial score (nSPS) is 23.3. The summed E-state index contributed by atoms with van der Waals surface area (Å²) in [5, 5.41) is 10.0. The Morgan fingerprint density at radius 1 is 1.44 bits per heavy atom. The summed E-state index contributed by atoms with van der Waals surface area (Å²) in [6.07, 6.45) is -0.429. The predicted molar refractivity (Wildman–Crippen MR) is 58.6 cm³/mol. The molecule has 1 aromatic carbocycles. The standard InChI is InChI=1S/C12H15NO3/c1-7-9-4-13(2)5-10(14)8(9)3-11-12(7)16-6-15-11/h3,10,14H,4-6H2,1-2H3/t10-/m1/s1. The molecule has 86 valence electrons. The van der Waals surface area contributed by atoms with E-state index in [0.717, 1.165) is 29.2 Å². The number of hydrogen-bond acceptors (Lipinski definition) is 4. The van der Waals surface area contributed by atoms with Crippen LogP contribution in [-0.2, 0) is 6.54 Å². The molecule has 2 heterocycles. The summed E-state index contributed by atoms with van der Waals surface area (Å²) >= 11 is 0. The lowest BCUT2D eigenvalue weighted by molar-refractivity contribution is 0.107. The van der Waals surface area contributed by atoms with Crippen molar-refractivity contribution in [2.45, 2.75) is 19.6 Å². The maximum absolute atomic E-state index is 10.0. The number of aliphatic hydroxyl groups excluding tert-OH is 1. The SMILES string of the molecule is Cc1c2c(cc3c1OCO3)[C@H](O)CN(C)C2. The summed E-state index contributed by atoms with van der Waals surface area (Å²) in [7, 11) is 2.01. The van der Waals surface area contributed by atoms with Crippen LogP contribution in [0.15, 0.2) is 6.07 Å². The summed E-state index contributed by atoms with van der Waals surface area (Å²) in [5.41, 5.74) is 3.25. The summed E-state index contributed by atoms with van der Waals surface area (Å²) in [6.45, 7) is 3.84. The molecule has 2 aliphatic heterocycles. The van der Waals surface area contributed by atoms with E-state index in [1.807, 2.05) is 20.0 Å². The number of benzene rings is 1. The molecule has 0 saturated heterocycles. The first-order valence-electron chi connectivity index (χ1n) is 5.45. The van der Waals surface area contributed by atoms with Crippen LogP contribution in [0.2, 0.25) is 0 Å². The topological polar surface area (TPSA) is 41.9 Å². The van der Waals surface area contributed by atoms with Crippen LogP contribution < -0.4 is 9.47 Å². The van der Waals surface area contributed by atoms with Crippen LogP contribution in [0, 0.1) is 6.92 Å². The van der Waals surface area contributed by atoms with Crippen molar-refractivity contribution in [2.75, 3.05) is 20.4 Å². The quantitative estimate of drug-likeness (QED) is 0.715. The maximum Gasteiger partial charge on any atom is 0.231 e. The van der Waals surface area contributed by atoms with E-state index in [1.54, 1.807) is 0 Å².